The highest BCUT2D eigenvalue weighted by atomic mass is 32.1. The second kappa shape index (κ2) is 5.33. The van der Waals surface area contributed by atoms with E-state index < -0.39 is 0 Å². The summed E-state index contributed by atoms with van der Waals surface area (Å²) in [6.45, 7) is 7.94. The summed E-state index contributed by atoms with van der Waals surface area (Å²) < 4.78 is 0. The average molecular weight is 237 g/mol. The zero-order chi connectivity index (χ0) is 11.5. The molecule has 0 spiro atoms. The van der Waals surface area contributed by atoms with E-state index in [4.69, 9.17) is 0 Å². The molecule has 0 amide bonds. The Kier molecular flexibility index (Phi) is 4.04. The van der Waals surface area contributed by atoms with Gasteiger partial charge in [0.25, 0.3) is 0 Å². The van der Waals surface area contributed by atoms with Crippen LogP contribution in [-0.4, -0.2) is 6.54 Å². The van der Waals surface area contributed by atoms with Gasteiger partial charge in [-0.1, -0.05) is 12.8 Å². The molecule has 1 atom stereocenters. The van der Waals surface area contributed by atoms with Crippen LogP contribution in [0, 0.1) is 19.8 Å². The fourth-order valence-corrected chi connectivity index (χ4v) is 3.77. The molecule has 1 aromatic rings. The minimum Gasteiger partial charge on any atom is -0.310 e. The van der Waals surface area contributed by atoms with Crippen molar-refractivity contribution < 1.29 is 0 Å². The molecule has 2 heteroatoms. The molecule has 1 aliphatic rings. The summed E-state index contributed by atoms with van der Waals surface area (Å²) in [6.07, 6.45) is 5.75. The van der Waals surface area contributed by atoms with Crippen molar-refractivity contribution in [2.45, 2.75) is 52.5 Å². The second-order valence-electron chi connectivity index (χ2n) is 5.15. The van der Waals surface area contributed by atoms with E-state index in [-0.39, 0.29) is 0 Å². The standard InChI is InChI=1S/C14H23NS/c1-10-8-14(12(3)16-10)11(2)15-9-13-6-4-5-7-13/h8,11,13,15H,4-7,9H2,1-3H3. The number of hydrogen-bond acceptors (Lipinski definition) is 2. The maximum atomic E-state index is 3.70. The van der Waals surface area contributed by atoms with E-state index in [1.807, 2.05) is 11.3 Å². The highest BCUT2D eigenvalue weighted by Gasteiger charge is 2.17. The molecule has 1 heterocycles. The van der Waals surface area contributed by atoms with Gasteiger partial charge in [-0.15, -0.1) is 11.3 Å². The van der Waals surface area contributed by atoms with E-state index in [0.29, 0.717) is 6.04 Å². The number of aryl methyl sites for hydroxylation is 2. The molecule has 1 aliphatic carbocycles. The predicted octanol–water partition coefficient (Wildman–Crippen LogP) is 4.21. The van der Waals surface area contributed by atoms with Crippen molar-refractivity contribution in [1.82, 2.24) is 5.32 Å². The summed E-state index contributed by atoms with van der Waals surface area (Å²) in [4.78, 5) is 2.91. The van der Waals surface area contributed by atoms with Gasteiger partial charge in [-0.25, -0.2) is 0 Å². The van der Waals surface area contributed by atoms with Gasteiger partial charge >= 0.3 is 0 Å². The molecular weight excluding hydrogens is 214 g/mol. The topological polar surface area (TPSA) is 12.0 Å². The Bertz CT molecular complexity index is 337. The van der Waals surface area contributed by atoms with Crippen molar-refractivity contribution >= 4 is 11.3 Å². The van der Waals surface area contributed by atoms with E-state index in [2.05, 4.69) is 32.2 Å². The van der Waals surface area contributed by atoms with Gasteiger partial charge in [-0.2, -0.15) is 0 Å². The quantitative estimate of drug-likeness (QED) is 0.827. The van der Waals surface area contributed by atoms with Crippen LogP contribution in [0.15, 0.2) is 6.07 Å². The first-order chi connectivity index (χ1) is 7.66. The number of nitrogens with one attached hydrogen (secondary N) is 1. The first-order valence-corrected chi connectivity index (χ1v) is 7.29. The average Bonchev–Trinajstić information content (AvgIpc) is 2.84. The second-order valence-corrected chi connectivity index (χ2v) is 6.61. The van der Waals surface area contributed by atoms with Gasteiger partial charge in [0.05, 0.1) is 0 Å². The van der Waals surface area contributed by atoms with Crippen LogP contribution < -0.4 is 5.32 Å². The van der Waals surface area contributed by atoms with Crippen LogP contribution in [0.1, 0.15) is 54.0 Å². The van der Waals surface area contributed by atoms with E-state index in [9.17, 15) is 0 Å². The van der Waals surface area contributed by atoms with Gasteiger partial charge < -0.3 is 5.32 Å². The highest BCUT2D eigenvalue weighted by molar-refractivity contribution is 7.12. The first-order valence-electron chi connectivity index (χ1n) is 6.47. The van der Waals surface area contributed by atoms with Gasteiger partial charge in [0, 0.05) is 15.8 Å². The zero-order valence-corrected chi connectivity index (χ0v) is 11.5. The number of hydrogen-bond donors (Lipinski definition) is 1. The minimum absolute atomic E-state index is 0.519. The Hall–Kier alpha value is -0.340. The van der Waals surface area contributed by atoms with Crippen molar-refractivity contribution in [3.8, 4) is 0 Å². The van der Waals surface area contributed by atoms with Crippen LogP contribution in [0.3, 0.4) is 0 Å². The minimum atomic E-state index is 0.519. The van der Waals surface area contributed by atoms with Crippen molar-refractivity contribution in [2.24, 2.45) is 5.92 Å². The molecule has 2 rings (SSSR count). The van der Waals surface area contributed by atoms with E-state index in [1.54, 1.807) is 0 Å². The SMILES string of the molecule is Cc1cc(C(C)NCC2CCCC2)c(C)s1. The van der Waals surface area contributed by atoms with Crippen molar-refractivity contribution in [3.63, 3.8) is 0 Å². The highest BCUT2D eigenvalue weighted by Crippen LogP contribution is 2.28. The maximum Gasteiger partial charge on any atom is 0.0302 e. The molecule has 1 fully saturated rings. The summed E-state index contributed by atoms with van der Waals surface area (Å²) in [5.41, 5.74) is 1.50. The summed E-state index contributed by atoms with van der Waals surface area (Å²) >= 11 is 1.92. The molecule has 1 nitrogen and oxygen atoms in total. The lowest BCUT2D eigenvalue weighted by atomic mass is 10.1. The van der Waals surface area contributed by atoms with Gasteiger partial charge in [0.2, 0.25) is 0 Å². The summed E-state index contributed by atoms with van der Waals surface area (Å²) in [5, 5.41) is 3.70. The fraction of sp³-hybridized carbons (Fsp3) is 0.714. The van der Waals surface area contributed by atoms with Crippen LogP contribution in [0.25, 0.3) is 0 Å². The predicted molar refractivity (Wildman–Crippen MR) is 72.2 cm³/mol. The lowest BCUT2D eigenvalue weighted by Gasteiger charge is -2.17. The smallest absolute Gasteiger partial charge is 0.0302 e. The van der Waals surface area contributed by atoms with E-state index >= 15 is 0 Å². The van der Waals surface area contributed by atoms with E-state index in [0.717, 1.165) is 5.92 Å². The molecule has 1 aromatic heterocycles. The molecular formula is C14H23NS. The monoisotopic (exact) mass is 237 g/mol. The largest absolute Gasteiger partial charge is 0.310 e. The van der Waals surface area contributed by atoms with E-state index in [1.165, 1.54) is 47.5 Å². The summed E-state index contributed by atoms with van der Waals surface area (Å²) in [7, 11) is 0. The summed E-state index contributed by atoms with van der Waals surface area (Å²) in [5.74, 6) is 0.933. The van der Waals surface area contributed by atoms with Crippen LogP contribution in [0.4, 0.5) is 0 Å². The number of rotatable bonds is 4. The van der Waals surface area contributed by atoms with Crippen LogP contribution in [0.2, 0.25) is 0 Å². The van der Waals surface area contributed by atoms with Gasteiger partial charge in [-0.05, 0) is 57.7 Å². The van der Waals surface area contributed by atoms with Crippen LogP contribution in [0.5, 0.6) is 0 Å². The number of thiophene rings is 1. The molecule has 16 heavy (non-hydrogen) atoms. The van der Waals surface area contributed by atoms with Gasteiger partial charge in [0.1, 0.15) is 0 Å². The maximum absolute atomic E-state index is 3.70. The van der Waals surface area contributed by atoms with Crippen molar-refractivity contribution in [3.05, 3.63) is 21.4 Å². The lowest BCUT2D eigenvalue weighted by Crippen LogP contribution is -2.24. The summed E-state index contributed by atoms with van der Waals surface area (Å²) in [6, 6.07) is 2.86. The molecule has 90 valence electrons. The third-order valence-corrected chi connectivity index (χ3v) is 4.72. The molecule has 1 unspecified atom stereocenters. The molecule has 0 aromatic carbocycles. The normalized spacial score (nSPS) is 19.2. The molecule has 0 bridgehead atoms. The van der Waals surface area contributed by atoms with Gasteiger partial charge in [0.15, 0.2) is 0 Å². The van der Waals surface area contributed by atoms with Gasteiger partial charge in [-0.3, -0.25) is 0 Å². The molecule has 1 N–H and O–H groups in total. The molecule has 0 radical (unpaired) electrons. The van der Waals surface area contributed by atoms with Crippen LogP contribution >= 0.6 is 11.3 Å². The molecule has 1 saturated carbocycles. The van der Waals surface area contributed by atoms with Crippen molar-refractivity contribution in [1.29, 1.82) is 0 Å². The Balaban J connectivity index is 1.87. The Morgan fingerprint density at radius 1 is 1.38 bits per heavy atom. The fourth-order valence-electron chi connectivity index (χ4n) is 2.75. The first kappa shape index (κ1) is 12.1. The Morgan fingerprint density at radius 2 is 2.06 bits per heavy atom. The Labute approximate surface area is 103 Å². The van der Waals surface area contributed by atoms with Crippen LogP contribution in [-0.2, 0) is 0 Å². The third kappa shape index (κ3) is 2.86. The Morgan fingerprint density at radius 3 is 2.62 bits per heavy atom. The molecule has 0 saturated heterocycles. The van der Waals surface area contributed by atoms with Crippen molar-refractivity contribution in [2.75, 3.05) is 6.54 Å². The third-order valence-electron chi connectivity index (χ3n) is 3.73. The lowest BCUT2D eigenvalue weighted by molar-refractivity contribution is 0.452. The zero-order valence-electron chi connectivity index (χ0n) is 10.7. The molecule has 0 aliphatic heterocycles.